The van der Waals surface area contributed by atoms with Crippen molar-refractivity contribution in [3.8, 4) is 5.88 Å². The van der Waals surface area contributed by atoms with Gasteiger partial charge in [-0.2, -0.15) is 0 Å². The van der Waals surface area contributed by atoms with E-state index in [2.05, 4.69) is 9.71 Å². The average Bonchev–Trinajstić information content (AvgIpc) is 2.34. The molecule has 0 aliphatic heterocycles. The number of pyridine rings is 1. The maximum absolute atomic E-state index is 12.8. The van der Waals surface area contributed by atoms with Gasteiger partial charge >= 0.3 is 0 Å². The van der Waals surface area contributed by atoms with E-state index >= 15 is 0 Å². The Hall–Kier alpha value is -0.630. The van der Waals surface area contributed by atoms with E-state index < -0.39 is 28.6 Å². The molecule has 0 aromatic carbocycles. The quantitative estimate of drug-likeness (QED) is 0.787. The van der Waals surface area contributed by atoms with Crippen LogP contribution < -0.4 is 9.46 Å². The second-order valence-corrected chi connectivity index (χ2v) is 8.54. The minimum Gasteiger partial charge on any atom is -0.598 e. The van der Waals surface area contributed by atoms with Crippen molar-refractivity contribution in [3.63, 3.8) is 0 Å². The van der Waals surface area contributed by atoms with Crippen LogP contribution in [0.2, 0.25) is 5.02 Å². The molecule has 0 saturated carbocycles. The molecule has 4 nitrogen and oxygen atoms in total. The topological polar surface area (TPSA) is 57.2 Å². The zero-order chi connectivity index (χ0) is 17.1. The van der Waals surface area contributed by atoms with Crippen molar-refractivity contribution >= 4 is 23.0 Å². The fourth-order valence-corrected chi connectivity index (χ4v) is 2.42. The molecule has 1 N–H and O–H groups in total. The summed E-state index contributed by atoms with van der Waals surface area (Å²) in [6, 6.07) is 1.31. The average molecular weight is 355 g/mol. The van der Waals surface area contributed by atoms with Gasteiger partial charge in [-0.3, -0.25) is 0 Å². The Morgan fingerprint density at radius 3 is 2.45 bits per heavy atom. The third-order valence-corrected chi connectivity index (χ3v) is 4.58. The molecule has 8 heteroatoms. The summed E-state index contributed by atoms with van der Waals surface area (Å²) in [5, 5.41) is 0.136. The zero-order valence-corrected chi connectivity index (χ0v) is 14.8. The second kappa shape index (κ2) is 7.29. The molecule has 2 atom stereocenters. The van der Waals surface area contributed by atoms with Gasteiger partial charge in [0.2, 0.25) is 5.88 Å². The van der Waals surface area contributed by atoms with Gasteiger partial charge in [-0.1, -0.05) is 11.6 Å². The molecule has 0 aliphatic rings. The van der Waals surface area contributed by atoms with Crippen molar-refractivity contribution in [2.24, 2.45) is 0 Å². The highest BCUT2D eigenvalue weighted by atomic mass is 35.5. The molecule has 126 valence electrons. The third kappa shape index (κ3) is 6.24. The lowest BCUT2D eigenvalue weighted by Crippen LogP contribution is -2.40. The van der Waals surface area contributed by atoms with Gasteiger partial charge in [0.15, 0.2) is 6.61 Å². The van der Waals surface area contributed by atoms with Crippen LogP contribution in [0.25, 0.3) is 0 Å². The molecule has 22 heavy (non-hydrogen) atoms. The highest BCUT2D eigenvalue weighted by Crippen LogP contribution is 2.27. The minimum atomic E-state index is -2.96. The monoisotopic (exact) mass is 354 g/mol. The van der Waals surface area contributed by atoms with Gasteiger partial charge in [-0.25, -0.2) is 13.8 Å². The smallest absolute Gasteiger partial charge is 0.278 e. The Kier molecular flexibility index (Phi) is 6.44. The fraction of sp³-hybridized carbons (Fsp3) is 0.643. The van der Waals surface area contributed by atoms with Gasteiger partial charge in [0.05, 0.1) is 6.04 Å². The lowest BCUT2D eigenvalue weighted by molar-refractivity contribution is -0.0242. The van der Waals surface area contributed by atoms with Crippen LogP contribution >= 0.6 is 11.6 Å². The normalized spacial score (nSPS) is 15.5. The maximum Gasteiger partial charge on any atom is 0.278 e. The van der Waals surface area contributed by atoms with Gasteiger partial charge in [-0.05, 0) is 39.3 Å². The highest BCUT2D eigenvalue weighted by molar-refractivity contribution is 7.90. The number of hydrogen-bond acceptors (Lipinski definition) is 4. The van der Waals surface area contributed by atoms with Gasteiger partial charge in [0.1, 0.15) is 9.77 Å². The predicted octanol–water partition coefficient (Wildman–Crippen LogP) is 3.88. The van der Waals surface area contributed by atoms with Crippen molar-refractivity contribution in [2.45, 2.75) is 51.3 Å². The number of ether oxygens (including phenoxy) is 1. The first-order valence-corrected chi connectivity index (χ1v) is 8.27. The number of halogens is 3. The zero-order valence-electron chi connectivity index (χ0n) is 13.2. The van der Waals surface area contributed by atoms with Crippen molar-refractivity contribution in [1.29, 1.82) is 0 Å². The molecule has 0 fully saturated rings. The standard InChI is InChI=1S/C14H21ClF2N2O2S/c1-9(19-22(20)13(2,3)4)10-6-11(15)12(18-7-10)21-8-14(5,16)17/h6-7,9,19H,8H2,1-5H3/t9?,22-/m1/s1. The lowest BCUT2D eigenvalue weighted by Gasteiger charge is -2.26. The molecule has 0 radical (unpaired) electrons. The van der Waals surface area contributed by atoms with Crippen molar-refractivity contribution < 1.29 is 18.1 Å². The van der Waals surface area contributed by atoms with Crippen LogP contribution in [0.15, 0.2) is 12.3 Å². The Morgan fingerprint density at radius 2 is 2.00 bits per heavy atom. The van der Waals surface area contributed by atoms with E-state index in [1.54, 1.807) is 6.07 Å². The molecular weight excluding hydrogens is 334 g/mol. The Bertz CT molecular complexity index is 507. The van der Waals surface area contributed by atoms with Crippen LogP contribution in [0.4, 0.5) is 8.78 Å². The van der Waals surface area contributed by atoms with Gasteiger partial charge < -0.3 is 9.29 Å². The first kappa shape index (κ1) is 19.4. The molecule has 1 rings (SSSR count). The van der Waals surface area contributed by atoms with Crippen molar-refractivity contribution in [2.75, 3.05) is 6.61 Å². The molecule has 0 bridgehead atoms. The minimum absolute atomic E-state index is 0.0453. The summed E-state index contributed by atoms with van der Waals surface area (Å²) in [6.07, 6.45) is 1.46. The number of hydrogen-bond donors (Lipinski definition) is 1. The number of rotatable bonds is 6. The number of nitrogens with one attached hydrogen (secondary N) is 1. The van der Waals surface area contributed by atoms with Crippen LogP contribution in [0.3, 0.4) is 0 Å². The van der Waals surface area contributed by atoms with E-state index in [4.69, 9.17) is 16.3 Å². The SMILES string of the molecule is CC(N[S@+]([O-])C(C)(C)C)c1cnc(OCC(C)(F)F)c(Cl)c1. The van der Waals surface area contributed by atoms with Crippen molar-refractivity contribution in [3.05, 3.63) is 22.8 Å². The summed E-state index contributed by atoms with van der Waals surface area (Å²) in [7, 11) is 0. The van der Waals surface area contributed by atoms with Gasteiger partial charge in [-0.15, -0.1) is 4.72 Å². The summed E-state index contributed by atoms with van der Waals surface area (Å²) in [5.41, 5.74) is 0.693. The van der Waals surface area contributed by atoms with E-state index in [-0.39, 0.29) is 16.9 Å². The summed E-state index contributed by atoms with van der Waals surface area (Å²) in [4.78, 5) is 3.95. The first-order chi connectivity index (χ1) is 9.90. The van der Waals surface area contributed by atoms with Crippen LogP contribution in [0, 0.1) is 0 Å². The molecule has 1 unspecified atom stereocenters. The molecule has 0 amide bonds. The number of aromatic nitrogens is 1. The molecule has 1 aromatic heterocycles. The molecule has 1 aromatic rings. The molecular formula is C14H21ClF2N2O2S. The first-order valence-electron chi connectivity index (χ1n) is 6.74. The lowest BCUT2D eigenvalue weighted by atomic mass is 10.2. The molecule has 1 heterocycles. The summed E-state index contributed by atoms with van der Waals surface area (Å²) >= 11 is 4.75. The Labute approximate surface area is 137 Å². The molecule has 0 aliphatic carbocycles. The van der Waals surface area contributed by atoms with E-state index in [1.807, 2.05) is 27.7 Å². The van der Waals surface area contributed by atoms with E-state index in [1.165, 1.54) is 6.20 Å². The van der Waals surface area contributed by atoms with Gasteiger partial charge in [0.25, 0.3) is 5.92 Å². The maximum atomic E-state index is 12.8. The Morgan fingerprint density at radius 1 is 1.41 bits per heavy atom. The second-order valence-electron chi connectivity index (χ2n) is 6.14. The molecule has 0 saturated heterocycles. The summed E-state index contributed by atoms with van der Waals surface area (Å²) in [6.45, 7) is 7.35. The fourth-order valence-electron chi connectivity index (χ4n) is 1.38. The Balaban J connectivity index is 2.76. The summed E-state index contributed by atoms with van der Waals surface area (Å²) in [5.74, 6) is -3.00. The number of nitrogens with zero attached hydrogens (tertiary/aromatic N) is 1. The largest absolute Gasteiger partial charge is 0.598 e. The summed E-state index contributed by atoms with van der Waals surface area (Å²) < 4.78 is 45.0. The van der Waals surface area contributed by atoms with Crippen LogP contribution in [-0.4, -0.2) is 26.8 Å². The van der Waals surface area contributed by atoms with Crippen LogP contribution in [0.5, 0.6) is 5.88 Å². The predicted molar refractivity (Wildman–Crippen MR) is 84.8 cm³/mol. The molecule has 0 spiro atoms. The number of alkyl halides is 2. The van der Waals surface area contributed by atoms with Crippen molar-refractivity contribution in [1.82, 2.24) is 9.71 Å². The van der Waals surface area contributed by atoms with Crippen LogP contribution in [0.1, 0.15) is 46.2 Å². The van der Waals surface area contributed by atoms with E-state index in [0.717, 1.165) is 6.92 Å². The third-order valence-electron chi connectivity index (χ3n) is 2.63. The van der Waals surface area contributed by atoms with E-state index in [0.29, 0.717) is 5.56 Å². The van der Waals surface area contributed by atoms with Gasteiger partial charge in [0, 0.05) is 24.5 Å². The highest BCUT2D eigenvalue weighted by Gasteiger charge is 2.29. The van der Waals surface area contributed by atoms with Crippen LogP contribution in [-0.2, 0) is 11.4 Å². The van der Waals surface area contributed by atoms with E-state index in [9.17, 15) is 13.3 Å².